The predicted molar refractivity (Wildman–Crippen MR) is 117 cm³/mol. The summed E-state index contributed by atoms with van der Waals surface area (Å²) >= 11 is 6.70. The molecule has 0 unspecified atom stereocenters. The zero-order valence-electron chi connectivity index (χ0n) is 17.1. The monoisotopic (exact) mass is 423 g/mol. The van der Waals surface area contributed by atoms with Crippen molar-refractivity contribution in [1.82, 2.24) is 19.6 Å². The molecule has 0 aliphatic heterocycles. The minimum Gasteiger partial charge on any atom is -0.371 e. The van der Waals surface area contributed by atoms with Crippen molar-refractivity contribution in [3.8, 4) is 12.1 Å². The van der Waals surface area contributed by atoms with E-state index in [0.717, 1.165) is 25.2 Å². The molecule has 30 heavy (non-hydrogen) atoms. The van der Waals surface area contributed by atoms with Gasteiger partial charge in [-0.15, -0.1) is 5.10 Å². The second-order valence-electron chi connectivity index (χ2n) is 6.48. The standard InChI is InChI=1S/C20H22ClN9/c1-4-7-29(6-3)16-9-13(10-22)8-15(17(16)21)26-20-27-18(24-5-2)19-25-12-14(11-23)30(19)28-20/h8-9,12H,4-7H2,1-3H3,(H2,24,26,27,28). The van der Waals surface area contributed by atoms with Crippen molar-refractivity contribution in [3.05, 3.63) is 34.6 Å². The smallest absolute Gasteiger partial charge is 0.247 e. The van der Waals surface area contributed by atoms with Gasteiger partial charge in [0.2, 0.25) is 5.95 Å². The molecule has 0 bridgehead atoms. The third-order valence-corrected chi connectivity index (χ3v) is 4.86. The highest BCUT2D eigenvalue weighted by molar-refractivity contribution is 6.36. The largest absolute Gasteiger partial charge is 0.371 e. The number of fused-ring (bicyclic) bond motifs is 1. The summed E-state index contributed by atoms with van der Waals surface area (Å²) < 4.78 is 1.42. The summed E-state index contributed by atoms with van der Waals surface area (Å²) in [4.78, 5) is 10.8. The van der Waals surface area contributed by atoms with Gasteiger partial charge in [-0.25, -0.2) is 4.98 Å². The number of halogens is 1. The van der Waals surface area contributed by atoms with Gasteiger partial charge in [0, 0.05) is 19.6 Å². The number of benzene rings is 1. The van der Waals surface area contributed by atoms with Crippen LogP contribution in [0.15, 0.2) is 18.3 Å². The van der Waals surface area contributed by atoms with Crippen molar-refractivity contribution in [2.45, 2.75) is 27.2 Å². The Bertz CT molecular complexity index is 1140. The fourth-order valence-electron chi connectivity index (χ4n) is 3.13. The maximum Gasteiger partial charge on any atom is 0.247 e. The lowest BCUT2D eigenvalue weighted by molar-refractivity contribution is 0.792. The highest BCUT2D eigenvalue weighted by Crippen LogP contribution is 2.36. The summed E-state index contributed by atoms with van der Waals surface area (Å²) in [6, 6.07) is 7.69. The molecule has 1 aromatic carbocycles. The average molecular weight is 424 g/mol. The van der Waals surface area contributed by atoms with E-state index in [0.29, 0.717) is 34.3 Å². The Kier molecular flexibility index (Phi) is 6.55. The number of hydrogen-bond acceptors (Lipinski definition) is 8. The topological polar surface area (TPSA) is 118 Å². The number of imidazole rings is 1. The van der Waals surface area contributed by atoms with Crippen LogP contribution >= 0.6 is 11.6 Å². The molecule has 0 radical (unpaired) electrons. The van der Waals surface area contributed by atoms with Crippen LogP contribution in [-0.2, 0) is 0 Å². The van der Waals surface area contributed by atoms with Crippen molar-refractivity contribution in [2.75, 3.05) is 35.2 Å². The first-order valence-electron chi connectivity index (χ1n) is 9.71. The molecule has 0 spiro atoms. The number of hydrogen-bond donors (Lipinski definition) is 2. The first-order chi connectivity index (χ1) is 14.6. The highest BCUT2D eigenvalue weighted by Gasteiger charge is 2.17. The van der Waals surface area contributed by atoms with E-state index < -0.39 is 0 Å². The molecule has 2 N–H and O–H groups in total. The van der Waals surface area contributed by atoms with Crippen LogP contribution in [0.4, 0.5) is 23.1 Å². The van der Waals surface area contributed by atoms with Crippen LogP contribution in [0.1, 0.15) is 38.4 Å². The lowest BCUT2D eigenvalue weighted by Crippen LogP contribution is -2.24. The minimum atomic E-state index is 0.231. The Labute approximate surface area is 179 Å². The predicted octanol–water partition coefficient (Wildman–Crippen LogP) is 3.93. The lowest BCUT2D eigenvalue weighted by atomic mass is 10.1. The zero-order chi connectivity index (χ0) is 21.7. The van der Waals surface area contributed by atoms with Crippen LogP contribution in [0.5, 0.6) is 0 Å². The minimum absolute atomic E-state index is 0.231. The number of nitrogens with zero attached hydrogens (tertiary/aromatic N) is 7. The SMILES string of the molecule is CCCN(CC)c1cc(C#N)cc(Nc2nc(NCC)c3ncc(C#N)n3n2)c1Cl. The van der Waals surface area contributed by atoms with Crippen molar-refractivity contribution in [1.29, 1.82) is 10.5 Å². The molecule has 0 atom stereocenters. The quantitative estimate of drug-likeness (QED) is 0.559. The summed E-state index contributed by atoms with van der Waals surface area (Å²) in [5, 5.41) is 29.9. The van der Waals surface area contributed by atoms with Gasteiger partial charge in [-0.3, -0.25) is 0 Å². The van der Waals surface area contributed by atoms with E-state index in [-0.39, 0.29) is 11.6 Å². The van der Waals surface area contributed by atoms with Gasteiger partial charge in [-0.1, -0.05) is 18.5 Å². The molecule has 154 valence electrons. The van der Waals surface area contributed by atoms with Crippen LogP contribution in [-0.4, -0.2) is 39.2 Å². The Morgan fingerprint density at radius 3 is 2.63 bits per heavy atom. The molecule has 10 heteroatoms. The number of anilines is 4. The zero-order valence-corrected chi connectivity index (χ0v) is 17.8. The van der Waals surface area contributed by atoms with Gasteiger partial charge >= 0.3 is 0 Å². The number of nitrogens with one attached hydrogen (secondary N) is 2. The first kappa shape index (κ1) is 21.2. The number of rotatable bonds is 8. The van der Waals surface area contributed by atoms with Crippen LogP contribution in [0, 0.1) is 22.7 Å². The summed E-state index contributed by atoms with van der Waals surface area (Å²) in [5.74, 6) is 0.722. The molecule has 0 saturated heterocycles. The lowest BCUT2D eigenvalue weighted by Gasteiger charge is -2.25. The summed E-state index contributed by atoms with van der Waals surface area (Å²) in [5.41, 5.74) is 2.50. The van der Waals surface area contributed by atoms with Gasteiger partial charge in [0.1, 0.15) is 6.07 Å². The highest BCUT2D eigenvalue weighted by atomic mass is 35.5. The van der Waals surface area contributed by atoms with Crippen molar-refractivity contribution < 1.29 is 0 Å². The van der Waals surface area contributed by atoms with E-state index >= 15 is 0 Å². The molecule has 2 heterocycles. The summed E-state index contributed by atoms with van der Waals surface area (Å²) in [6.07, 6.45) is 2.40. The Hall–Kier alpha value is -3.56. The van der Waals surface area contributed by atoms with Gasteiger partial charge < -0.3 is 15.5 Å². The van der Waals surface area contributed by atoms with Gasteiger partial charge in [0.25, 0.3) is 0 Å². The van der Waals surface area contributed by atoms with E-state index in [1.807, 2.05) is 13.8 Å². The van der Waals surface area contributed by atoms with Crippen LogP contribution < -0.4 is 15.5 Å². The van der Waals surface area contributed by atoms with Gasteiger partial charge in [0.15, 0.2) is 17.2 Å². The molecule has 0 fully saturated rings. The fraction of sp³-hybridized carbons (Fsp3) is 0.350. The van der Waals surface area contributed by atoms with Crippen molar-refractivity contribution in [2.24, 2.45) is 0 Å². The molecule has 0 aliphatic rings. The van der Waals surface area contributed by atoms with Crippen LogP contribution in [0.25, 0.3) is 5.65 Å². The van der Waals surface area contributed by atoms with Gasteiger partial charge in [0.05, 0.1) is 34.2 Å². The Balaban J connectivity index is 2.10. The maximum absolute atomic E-state index is 9.49. The van der Waals surface area contributed by atoms with Crippen LogP contribution in [0.2, 0.25) is 5.02 Å². The second-order valence-corrected chi connectivity index (χ2v) is 6.86. The van der Waals surface area contributed by atoms with E-state index in [2.05, 4.69) is 49.7 Å². The Morgan fingerprint density at radius 2 is 2.00 bits per heavy atom. The summed E-state index contributed by atoms with van der Waals surface area (Å²) in [6.45, 7) is 8.27. The molecule has 3 aromatic rings. The fourth-order valence-corrected chi connectivity index (χ4v) is 3.41. The Morgan fingerprint density at radius 1 is 1.20 bits per heavy atom. The number of aromatic nitrogens is 4. The molecular weight excluding hydrogens is 402 g/mol. The van der Waals surface area contributed by atoms with E-state index in [1.54, 1.807) is 12.1 Å². The molecule has 0 amide bonds. The van der Waals surface area contributed by atoms with E-state index in [4.69, 9.17) is 11.6 Å². The molecule has 0 aliphatic carbocycles. The molecule has 3 rings (SSSR count). The molecule has 0 saturated carbocycles. The van der Waals surface area contributed by atoms with Crippen molar-refractivity contribution >= 4 is 40.4 Å². The summed E-state index contributed by atoms with van der Waals surface area (Å²) in [7, 11) is 0. The van der Waals surface area contributed by atoms with Crippen LogP contribution in [0.3, 0.4) is 0 Å². The molecule has 2 aromatic heterocycles. The van der Waals surface area contributed by atoms with Crippen molar-refractivity contribution in [3.63, 3.8) is 0 Å². The van der Waals surface area contributed by atoms with E-state index in [9.17, 15) is 10.5 Å². The van der Waals surface area contributed by atoms with Gasteiger partial charge in [-0.05, 0) is 32.4 Å². The average Bonchev–Trinajstić information content (AvgIpc) is 3.17. The molecule has 9 nitrogen and oxygen atoms in total. The third-order valence-electron chi connectivity index (χ3n) is 4.47. The normalized spacial score (nSPS) is 10.5. The second kappa shape index (κ2) is 9.29. The van der Waals surface area contributed by atoms with Gasteiger partial charge in [-0.2, -0.15) is 20.0 Å². The maximum atomic E-state index is 9.49. The third kappa shape index (κ3) is 4.07. The molecular formula is C20H22ClN9. The van der Waals surface area contributed by atoms with E-state index in [1.165, 1.54) is 10.7 Å². The first-order valence-corrected chi connectivity index (χ1v) is 10.1. The number of nitriles is 2.